The van der Waals surface area contributed by atoms with Crippen LogP contribution in [-0.4, -0.2) is 90.7 Å². The molecule has 3 aliphatic rings. The van der Waals surface area contributed by atoms with Crippen LogP contribution < -0.4 is 5.32 Å². The van der Waals surface area contributed by atoms with E-state index in [9.17, 15) is 22.0 Å². The minimum absolute atomic E-state index is 0.0337. The maximum Gasteiger partial charge on any atom is 0.317 e. The first-order valence-electron chi connectivity index (χ1n) is 14.3. The van der Waals surface area contributed by atoms with Gasteiger partial charge in [-0.1, -0.05) is 0 Å². The molecule has 220 valence electrons. The Kier molecular flexibility index (Phi) is 8.77. The molecular weight excluding hydrogens is 538 g/mol. The van der Waals surface area contributed by atoms with Gasteiger partial charge in [0.1, 0.15) is 11.6 Å². The molecule has 4 heterocycles. The fourth-order valence-electron chi connectivity index (χ4n) is 6.79. The molecule has 2 amide bonds. The van der Waals surface area contributed by atoms with E-state index < -0.39 is 21.7 Å². The average Bonchev–Trinajstić information content (AvgIpc) is 3.36. The number of likely N-dealkylation sites (tertiary alicyclic amines) is 1. The summed E-state index contributed by atoms with van der Waals surface area (Å²) in [5, 5.41) is 2.69. The molecule has 5 rings (SSSR count). The van der Waals surface area contributed by atoms with E-state index in [0.717, 1.165) is 57.1 Å². The van der Waals surface area contributed by atoms with E-state index >= 15 is 0 Å². The van der Waals surface area contributed by atoms with Crippen molar-refractivity contribution >= 4 is 16.1 Å². The van der Waals surface area contributed by atoms with Gasteiger partial charge in [0.15, 0.2) is 0 Å². The predicted molar refractivity (Wildman–Crippen MR) is 148 cm³/mol. The molecule has 2 saturated heterocycles. The highest BCUT2D eigenvalue weighted by Gasteiger charge is 2.33. The van der Waals surface area contributed by atoms with E-state index in [1.54, 1.807) is 11.9 Å². The number of piperidine rings is 2. The van der Waals surface area contributed by atoms with Gasteiger partial charge in [-0.05, 0) is 68.2 Å². The first-order valence-corrected chi connectivity index (χ1v) is 16.1. The van der Waals surface area contributed by atoms with Gasteiger partial charge in [0.25, 0.3) is 0 Å². The standard InChI is InChI=1S/C28H40F2N6O3S/c1-31-28(37)34-12-8-27-26(18-34)32-19-36(27)24-5-9-33(10-6-24)11-7-25(21-15-22(29)17-23(30)16-21)20-3-13-35(14-4-20)40(2,38)39/h15-17,19-20,24-25H,3-14,18H2,1-2H3,(H,31,37)/t25-/m1/s1. The second-order valence-corrected chi connectivity index (χ2v) is 13.4. The first-order chi connectivity index (χ1) is 19.1. The Morgan fingerprint density at radius 1 is 1.05 bits per heavy atom. The molecule has 0 saturated carbocycles. The van der Waals surface area contributed by atoms with Crippen LogP contribution in [0, 0.1) is 17.6 Å². The largest absolute Gasteiger partial charge is 0.341 e. The van der Waals surface area contributed by atoms with E-state index in [2.05, 4.69) is 19.8 Å². The molecule has 0 unspecified atom stereocenters. The number of carbonyl (C=O) groups is 1. The molecule has 0 aliphatic carbocycles. The zero-order valence-corrected chi connectivity index (χ0v) is 24.2. The van der Waals surface area contributed by atoms with E-state index in [4.69, 9.17) is 0 Å². The third kappa shape index (κ3) is 6.49. The van der Waals surface area contributed by atoms with Crippen molar-refractivity contribution in [3.8, 4) is 0 Å². The Morgan fingerprint density at radius 3 is 2.35 bits per heavy atom. The number of imidazole rings is 1. The van der Waals surface area contributed by atoms with Crippen molar-refractivity contribution in [2.75, 3.05) is 52.6 Å². The third-order valence-corrected chi connectivity index (χ3v) is 10.3. The Balaban J connectivity index is 1.20. The second kappa shape index (κ2) is 12.1. The van der Waals surface area contributed by atoms with Crippen LogP contribution in [0.5, 0.6) is 0 Å². The molecular formula is C28H40F2N6O3S. The number of carbonyl (C=O) groups excluding carboxylic acids is 1. The third-order valence-electron chi connectivity index (χ3n) is 9.00. The molecule has 1 aromatic carbocycles. The van der Waals surface area contributed by atoms with Crippen LogP contribution in [0.4, 0.5) is 13.6 Å². The van der Waals surface area contributed by atoms with Crippen LogP contribution in [0.2, 0.25) is 0 Å². The number of fused-ring (bicyclic) bond motifs is 1. The number of hydrogen-bond donors (Lipinski definition) is 1. The quantitative estimate of drug-likeness (QED) is 0.545. The number of nitrogens with zero attached hydrogens (tertiary/aromatic N) is 5. The number of sulfonamides is 1. The molecule has 0 bridgehead atoms. The summed E-state index contributed by atoms with van der Waals surface area (Å²) in [6.45, 7) is 4.79. The van der Waals surface area contributed by atoms with Gasteiger partial charge in [-0.25, -0.2) is 31.3 Å². The van der Waals surface area contributed by atoms with Crippen LogP contribution in [0.1, 0.15) is 61.0 Å². The highest BCUT2D eigenvalue weighted by atomic mass is 32.2. The summed E-state index contributed by atoms with van der Waals surface area (Å²) < 4.78 is 56.2. The van der Waals surface area contributed by atoms with E-state index in [0.29, 0.717) is 50.6 Å². The highest BCUT2D eigenvalue weighted by molar-refractivity contribution is 7.88. The molecule has 40 heavy (non-hydrogen) atoms. The SMILES string of the molecule is CNC(=O)N1CCc2c(ncn2C2CCN(CC[C@@H](c3cc(F)cc(F)c3)C3CCN(S(C)(=O)=O)CC3)CC2)C1. The van der Waals surface area contributed by atoms with Gasteiger partial charge < -0.3 is 19.7 Å². The molecule has 0 spiro atoms. The molecule has 3 aliphatic heterocycles. The fraction of sp³-hybridized carbons (Fsp3) is 0.643. The molecule has 1 atom stereocenters. The lowest BCUT2D eigenvalue weighted by Gasteiger charge is -2.38. The summed E-state index contributed by atoms with van der Waals surface area (Å²) >= 11 is 0. The van der Waals surface area contributed by atoms with Crippen molar-refractivity contribution in [3.05, 3.63) is 53.1 Å². The number of urea groups is 1. The minimum Gasteiger partial charge on any atom is -0.341 e. The summed E-state index contributed by atoms with van der Waals surface area (Å²) in [7, 11) is -1.60. The number of rotatable bonds is 7. The summed E-state index contributed by atoms with van der Waals surface area (Å²) in [5.74, 6) is -1.01. The van der Waals surface area contributed by atoms with E-state index in [1.807, 2.05) is 6.33 Å². The topological polar surface area (TPSA) is 90.8 Å². The van der Waals surface area contributed by atoms with Crippen LogP contribution in [0.3, 0.4) is 0 Å². The zero-order valence-electron chi connectivity index (χ0n) is 23.4. The van der Waals surface area contributed by atoms with Gasteiger partial charge in [0.2, 0.25) is 10.0 Å². The van der Waals surface area contributed by atoms with E-state index in [1.165, 1.54) is 28.4 Å². The van der Waals surface area contributed by atoms with Crippen LogP contribution in [0.25, 0.3) is 0 Å². The lowest BCUT2D eigenvalue weighted by molar-refractivity contribution is 0.165. The summed E-state index contributed by atoms with van der Waals surface area (Å²) in [5.41, 5.74) is 2.87. The first kappa shape index (κ1) is 28.9. The number of benzene rings is 1. The summed E-state index contributed by atoms with van der Waals surface area (Å²) in [6, 6.07) is 4.08. The molecule has 2 fully saturated rings. The Morgan fingerprint density at radius 2 is 1.73 bits per heavy atom. The van der Waals surface area contributed by atoms with Crippen molar-refractivity contribution < 1.29 is 22.0 Å². The molecule has 2 aromatic rings. The van der Waals surface area contributed by atoms with Crippen molar-refractivity contribution in [1.82, 2.24) is 29.0 Å². The highest BCUT2D eigenvalue weighted by Crippen LogP contribution is 2.37. The number of hydrogen-bond acceptors (Lipinski definition) is 5. The maximum atomic E-state index is 14.2. The van der Waals surface area contributed by atoms with Gasteiger partial charge in [-0.3, -0.25) is 0 Å². The molecule has 0 radical (unpaired) electrons. The second-order valence-electron chi connectivity index (χ2n) is 11.4. The van der Waals surface area contributed by atoms with Crippen LogP contribution >= 0.6 is 0 Å². The average molecular weight is 579 g/mol. The van der Waals surface area contributed by atoms with Crippen LogP contribution in [0.15, 0.2) is 24.5 Å². The summed E-state index contributed by atoms with van der Waals surface area (Å²) in [4.78, 5) is 20.9. The zero-order chi connectivity index (χ0) is 28.4. The van der Waals surface area contributed by atoms with E-state index in [-0.39, 0.29) is 17.9 Å². The Hall–Kier alpha value is -2.57. The minimum atomic E-state index is -3.24. The monoisotopic (exact) mass is 578 g/mol. The van der Waals surface area contributed by atoms with Gasteiger partial charge in [0.05, 0.1) is 24.8 Å². The fourth-order valence-corrected chi connectivity index (χ4v) is 7.67. The van der Waals surface area contributed by atoms with Crippen molar-refractivity contribution in [3.63, 3.8) is 0 Å². The molecule has 1 aromatic heterocycles. The van der Waals surface area contributed by atoms with Gasteiger partial charge in [-0.15, -0.1) is 0 Å². The number of halogens is 2. The van der Waals surface area contributed by atoms with Crippen LogP contribution in [-0.2, 0) is 23.0 Å². The lowest BCUT2D eigenvalue weighted by Crippen LogP contribution is -2.42. The predicted octanol–water partition coefficient (Wildman–Crippen LogP) is 3.34. The number of nitrogens with one attached hydrogen (secondary N) is 1. The Labute approximate surface area is 235 Å². The normalized spacial score (nSPS) is 20.9. The van der Waals surface area contributed by atoms with Crippen molar-refractivity contribution in [2.45, 2.75) is 57.0 Å². The molecule has 9 nitrogen and oxygen atoms in total. The summed E-state index contributed by atoms with van der Waals surface area (Å²) in [6.07, 6.45) is 8.08. The van der Waals surface area contributed by atoms with Gasteiger partial charge in [0, 0.05) is 64.0 Å². The number of amides is 2. The Bertz CT molecular complexity index is 1280. The van der Waals surface area contributed by atoms with Crippen molar-refractivity contribution in [1.29, 1.82) is 0 Å². The smallest absolute Gasteiger partial charge is 0.317 e. The van der Waals surface area contributed by atoms with Crippen molar-refractivity contribution in [2.24, 2.45) is 5.92 Å². The van der Waals surface area contributed by atoms with Gasteiger partial charge >= 0.3 is 6.03 Å². The molecule has 1 N–H and O–H groups in total. The number of aromatic nitrogens is 2. The lowest BCUT2D eigenvalue weighted by atomic mass is 9.78. The maximum absolute atomic E-state index is 14.2. The van der Waals surface area contributed by atoms with Gasteiger partial charge in [-0.2, -0.15) is 0 Å². The molecule has 12 heteroatoms.